The molecule has 0 saturated heterocycles. The van der Waals surface area contributed by atoms with Gasteiger partial charge in [0.15, 0.2) is 0 Å². The molecule has 0 aliphatic rings. The fourth-order valence-corrected chi connectivity index (χ4v) is 4.39. The number of benzene rings is 3. The van der Waals surface area contributed by atoms with Gasteiger partial charge >= 0.3 is 0 Å². The van der Waals surface area contributed by atoms with E-state index in [1.165, 1.54) is 0 Å². The number of hydrogen-bond donors (Lipinski definition) is 2. The smallest absolute Gasteiger partial charge is 0.235 e. The highest BCUT2D eigenvalue weighted by atomic mass is 16.2. The zero-order chi connectivity index (χ0) is 20.2. The highest BCUT2D eigenvalue weighted by Crippen LogP contribution is 2.42. The Kier molecular flexibility index (Phi) is 3.44. The van der Waals surface area contributed by atoms with Gasteiger partial charge in [0.2, 0.25) is 10.9 Å². The van der Waals surface area contributed by atoms with Crippen LogP contribution in [0.5, 0.6) is 0 Å². The third kappa shape index (κ3) is 2.22. The quantitative estimate of drug-likeness (QED) is 0.407. The van der Waals surface area contributed by atoms with Crippen molar-refractivity contribution in [1.29, 1.82) is 0 Å². The fraction of sp³-hybridized carbons (Fsp3) is 0. The van der Waals surface area contributed by atoms with E-state index in [0.29, 0.717) is 11.1 Å². The van der Waals surface area contributed by atoms with Gasteiger partial charge in [0, 0.05) is 50.3 Å². The van der Waals surface area contributed by atoms with Gasteiger partial charge in [0.1, 0.15) is 0 Å². The number of para-hydroxylation sites is 2. The molecule has 6 aromatic rings. The van der Waals surface area contributed by atoms with Crippen molar-refractivity contribution in [2.45, 2.75) is 0 Å². The third-order valence-electron chi connectivity index (χ3n) is 5.79. The Morgan fingerprint density at radius 3 is 2.00 bits per heavy atom. The van der Waals surface area contributed by atoms with E-state index in [4.69, 9.17) is 0 Å². The second kappa shape index (κ2) is 6.16. The summed E-state index contributed by atoms with van der Waals surface area (Å²) < 4.78 is 0. The maximum atomic E-state index is 12.9. The second-order valence-corrected chi connectivity index (χ2v) is 7.44. The fourth-order valence-electron chi connectivity index (χ4n) is 4.39. The molecule has 4 nitrogen and oxygen atoms in total. The maximum absolute atomic E-state index is 12.9. The molecule has 4 aromatic carbocycles. The first kappa shape index (κ1) is 16.7. The lowest BCUT2D eigenvalue weighted by molar-refractivity contribution is 1.39. The highest BCUT2D eigenvalue weighted by molar-refractivity contribution is 6.10. The average molecular weight is 388 g/mol. The summed E-state index contributed by atoms with van der Waals surface area (Å²) in [5.74, 6) is 0. The molecule has 0 fully saturated rings. The number of nitrogens with one attached hydrogen (secondary N) is 2. The molecule has 0 spiro atoms. The van der Waals surface area contributed by atoms with Gasteiger partial charge in [-0.25, -0.2) is 0 Å². The van der Waals surface area contributed by atoms with Gasteiger partial charge in [-0.15, -0.1) is 0 Å². The van der Waals surface area contributed by atoms with Crippen molar-refractivity contribution < 1.29 is 0 Å². The number of H-pyrrole nitrogens is 2. The molecule has 0 amide bonds. The Morgan fingerprint density at radius 2 is 1.20 bits per heavy atom. The number of hydrogen-bond acceptors (Lipinski definition) is 2. The molecular formula is C26H16N2O2. The number of rotatable bonds is 3. The molecule has 6 rings (SSSR count). The summed E-state index contributed by atoms with van der Waals surface area (Å²) in [5, 5.41) is 1.87. The Morgan fingerprint density at radius 1 is 0.567 bits per heavy atom. The van der Waals surface area contributed by atoms with E-state index in [9.17, 15) is 9.59 Å². The topological polar surface area (TPSA) is 65.7 Å². The van der Waals surface area contributed by atoms with Crippen LogP contribution in [0, 0.1) is 0 Å². The van der Waals surface area contributed by atoms with Gasteiger partial charge in [-0.1, -0.05) is 66.7 Å². The molecule has 0 unspecified atom stereocenters. The van der Waals surface area contributed by atoms with Crippen LogP contribution in [0.15, 0.2) is 94.6 Å². The van der Waals surface area contributed by atoms with Gasteiger partial charge in [-0.3, -0.25) is 9.59 Å². The number of aromatic nitrogens is 2. The van der Waals surface area contributed by atoms with E-state index in [0.717, 1.165) is 44.2 Å². The summed E-state index contributed by atoms with van der Waals surface area (Å²) in [6.07, 6.45) is 1.82. The molecule has 2 heterocycles. The molecule has 0 aliphatic heterocycles. The standard InChI is InChI=1S/C26H16N2O2/c29-25-22(18-14-27-19-12-6-4-10-16(18)19)23(26(25)30)21-17-11-5-7-13-20(17)28-24(21)15-8-2-1-3-9-15/h1-14,27-28H. The van der Waals surface area contributed by atoms with Gasteiger partial charge < -0.3 is 9.97 Å². The van der Waals surface area contributed by atoms with E-state index in [-0.39, 0.29) is 0 Å². The third-order valence-corrected chi connectivity index (χ3v) is 5.79. The predicted octanol–water partition coefficient (Wildman–Crippen LogP) is 5.25. The minimum absolute atomic E-state index is 0.431. The largest absolute Gasteiger partial charge is 0.361 e. The van der Waals surface area contributed by atoms with Crippen LogP contribution in [0.4, 0.5) is 0 Å². The molecule has 0 aliphatic carbocycles. The summed E-state index contributed by atoms with van der Waals surface area (Å²) in [6, 6.07) is 25.6. The Balaban J connectivity index is 1.70. The highest BCUT2D eigenvalue weighted by Gasteiger charge is 2.29. The first-order valence-electron chi connectivity index (χ1n) is 9.80. The minimum Gasteiger partial charge on any atom is -0.361 e. The van der Waals surface area contributed by atoms with E-state index in [1.54, 1.807) is 0 Å². The van der Waals surface area contributed by atoms with Crippen LogP contribution in [0.3, 0.4) is 0 Å². The van der Waals surface area contributed by atoms with Crippen molar-refractivity contribution in [3.63, 3.8) is 0 Å². The van der Waals surface area contributed by atoms with Crippen molar-refractivity contribution >= 4 is 21.8 Å². The molecular weight excluding hydrogens is 372 g/mol. The van der Waals surface area contributed by atoms with E-state index in [1.807, 2.05) is 85.1 Å². The summed E-state index contributed by atoms with van der Waals surface area (Å²) in [7, 11) is 0. The molecule has 0 bridgehead atoms. The van der Waals surface area contributed by atoms with Crippen LogP contribution >= 0.6 is 0 Å². The normalized spacial score (nSPS) is 11.6. The predicted molar refractivity (Wildman–Crippen MR) is 121 cm³/mol. The van der Waals surface area contributed by atoms with E-state index < -0.39 is 10.9 Å². The van der Waals surface area contributed by atoms with Crippen molar-refractivity contribution in [1.82, 2.24) is 9.97 Å². The van der Waals surface area contributed by atoms with Crippen LogP contribution in [0.25, 0.3) is 55.3 Å². The van der Waals surface area contributed by atoms with Crippen LogP contribution in [-0.4, -0.2) is 9.97 Å². The first-order valence-corrected chi connectivity index (χ1v) is 9.80. The summed E-state index contributed by atoms with van der Waals surface area (Å²) in [6.45, 7) is 0. The summed E-state index contributed by atoms with van der Waals surface area (Å²) in [5.41, 5.74) is 5.37. The zero-order valence-corrected chi connectivity index (χ0v) is 15.9. The lowest BCUT2D eigenvalue weighted by atomic mass is 9.86. The van der Waals surface area contributed by atoms with Crippen LogP contribution < -0.4 is 10.9 Å². The van der Waals surface area contributed by atoms with E-state index in [2.05, 4.69) is 9.97 Å². The van der Waals surface area contributed by atoms with Crippen LogP contribution in [-0.2, 0) is 0 Å². The van der Waals surface area contributed by atoms with Gasteiger partial charge in [0.05, 0.1) is 5.69 Å². The van der Waals surface area contributed by atoms with Gasteiger partial charge in [-0.05, 0) is 17.7 Å². The minimum atomic E-state index is -0.433. The molecule has 0 saturated carbocycles. The summed E-state index contributed by atoms with van der Waals surface area (Å²) >= 11 is 0. The molecule has 4 heteroatoms. The number of aromatic amines is 2. The van der Waals surface area contributed by atoms with Gasteiger partial charge in [0.25, 0.3) is 0 Å². The Bertz CT molecular complexity index is 1630. The molecule has 142 valence electrons. The monoisotopic (exact) mass is 388 g/mol. The lowest BCUT2D eigenvalue weighted by Crippen LogP contribution is -2.35. The Hall–Kier alpha value is -4.18. The summed E-state index contributed by atoms with van der Waals surface area (Å²) in [4.78, 5) is 32.3. The van der Waals surface area contributed by atoms with E-state index >= 15 is 0 Å². The molecule has 2 aromatic heterocycles. The van der Waals surface area contributed by atoms with Crippen LogP contribution in [0.1, 0.15) is 0 Å². The van der Waals surface area contributed by atoms with Crippen molar-refractivity contribution in [2.75, 3.05) is 0 Å². The van der Waals surface area contributed by atoms with Gasteiger partial charge in [-0.2, -0.15) is 0 Å². The van der Waals surface area contributed by atoms with Crippen molar-refractivity contribution in [2.24, 2.45) is 0 Å². The lowest BCUT2D eigenvalue weighted by Gasteiger charge is -2.13. The maximum Gasteiger partial charge on any atom is 0.235 e. The zero-order valence-electron chi connectivity index (χ0n) is 15.9. The Labute approximate surface area is 171 Å². The molecule has 0 radical (unpaired) electrons. The number of fused-ring (bicyclic) bond motifs is 2. The SMILES string of the molecule is O=c1c(-c2c[nH]c3ccccc23)c(-c2c(-c3ccccc3)[nH]c3ccccc23)c1=O. The van der Waals surface area contributed by atoms with Crippen LogP contribution in [0.2, 0.25) is 0 Å². The first-order chi connectivity index (χ1) is 14.7. The second-order valence-electron chi connectivity index (χ2n) is 7.44. The molecule has 30 heavy (non-hydrogen) atoms. The molecule has 0 atom stereocenters. The van der Waals surface area contributed by atoms with Crippen molar-refractivity contribution in [3.05, 3.63) is 106 Å². The average Bonchev–Trinajstić information content (AvgIpc) is 3.39. The van der Waals surface area contributed by atoms with Crippen molar-refractivity contribution in [3.8, 4) is 33.5 Å². The molecule has 2 N–H and O–H groups in total.